The van der Waals surface area contributed by atoms with Crippen LogP contribution < -0.4 is 15.4 Å². The average molecular weight is 363 g/mol. The molecule has 146 valence electrons. The molecule has 5 heteroatoms. The van der Waals surface area contributed by atoms with Crippen molar-refractivity contribution < 1.29 is 14.3 Å². The van der Waals surface area contributed by atoms with Gasteiger partial charge in [0.15, 0.2) is 0 Å². The third-order valence-corrected chi connectivity index (χ3v) is 4.23. The first-order valence-corrected chi connectivity index (χ1v) is 9.58. The smallest absolute Gasteiger partial charge is 0.251 e. The van der Waals surface area contributed by atoms with Crippen molar-refractivity contribution in [2.45, 2.75) is 66.5 Å². The second-order valence-electron chi connectivity index (χ2n) is 7.53. The molecule has 2 amide bonds. The zero-order valence-electron chi connectivity index (χ0n) is 17.0. The molecular formula is C21H34N2O3. The Morgan fingerprint density at radius 2 is 1.58 bits per heavy atom. The third kappa shape index (κ3) is 7.46. The minimum atomic E-state index is -0.560. The maximum absolute atomic E-state index is 12.6. The molecule has 2 unspecified atom stereocenters. The second-order valence-corrected chi connectivity index (χ2v) is 7.53. The molecule has 0 aliphatic heterocycles. The SMILES string of the molecule is CCOc1ccc(C(=O)NC(C(=O)NC(C)CCC(C)C)C(C)C)cc1. The topological polar surface area (TPSA) is 67.4 Å². The van der Waals surface area contributed by atoms with E-state index in [1.807, 2.05) is 27.7 Å². The fourth-order valence-corrected chi connectivity index (χ4v) is 2.62. The number of hydrogen-bond acceptors (Lipinski definition) is 3. The van der Waals surface area contributed by atoms with Gasteiger partial charge in [-0.1, -0.05) is 27.7 Å². The number of carbonyl (C=O) groups excluding carboxylic acids is 2. The molecule has 0 aliphatic carbocycles. The van der Waals surface area contributed by atoms with Gasteiger partial charge in [0.1, 0.15) is 11.8 Å². The molecule has 0 spiro atoms. The van der Waals surface area contributed by atoms with Crippen molar-refractivity contribution in [1.82, 2.24) is 10.6 Å². The average Bonchev–Trinajstić information content (AvgIpc) is 2.58. The molecule has 0 fully saturated rings. The van der Waals surface area contributed by atoms with Crippen LogP contribution in [0.25, 0.3) is 0 Å². The summed E-state index contributed by atoms with van der Waals surface area (Å²) >= 11 is 0. The highest BCUT2D eigenvalue weighted by atomic mass is 16.5. The number of carbonyl (C=O) groups is 2. The van der Waals surface area contributed by atoms with E-state index in [0.717, 1.165) is 18.6 Å². The lowest BCUT2D eigenvalue weighted by molar-refractivity contribution is -0.124. The minimum Gasteiger partial charge on any atom is -0.494 e. The normalized spacial score (nSPS) is 13.4. The quantitative estimate of drug-likeness (QED) is 0.665. The molecule has 1 aromatic rings. The first kappa shape index (κ1) is 22.0. The van der Waals surface area contributed by atoms with Gasteiger partial charge in [0, 0.05) is 11.6 Å². The van der Waals surface area contributed by atoms with Gasteiger partial charge in [0.05, 0.1) is 6.61 Å². The summed E-state index contributed by atoms with van der Waals surface area (Å²) in [6, 6.07) is 6.47. The fraction of sp³-hybridized carbons (Fsp3) is 0.619. The van der Waals surface area contributed by atoms with Gasteiger partial charge in [-0.2, -0.15) is 0 Å². The van der Waals surface area contributed by atoms with E-state index in [2.05, 4.69) is 24.5 Å². The molecule has 1 rings (SSSR count). The molecule has 26 heavy (non-hydrogen) atoms. The highest BCUT2D eigenvalue weighted by Crippen LogP contribution is 2.13. The molecule has 5 nitrogen and oxygen atoms in total. The Morgan fingerprint density at radius 1 is 0.962 bits per heavy atom. The van der Waals surface area contributed by atoms with Gasteiger partial charge in [0.25, 0.3) is 5.91 Å². The van der Waals surface area contributed by atoms with Crippen LogP contribution >= 0.6 is 0 Å². The van der Waals surface area contributed by atoms with E-state index in [0.29, 0.717) is 18.1 Å². The van der Waals surface area contributed by atoms with E-state index in [1.165, 1.54) is 0 Å². The third-order valence-electron chi connectivity index (χ3n) is 4.23. The zero-order valence-corrected chi connectivity index (χ0v) is 17.0. The molecule has 0 aromatic heterocycles. The predicted molar refractivity (Wildman–Crippen MR) is 105 cm³/mol. The van der Waals surface area contributed by atoms with Crippen LogP contribution in [0.2, 0.25) is 0 Å². The number of benzene rings is 1. The Labute approximate surface area is 157 Å². The summed E-state index contributed by atoms with van der Waals surface area (Å²) < 4.78 is 5.39. The number of hydrogen-bond donors (Lipinski definition) is 2. The Bertz CT molecular complexity index is 567. The van der Waals surface area contributed by atoms with Crippen LogP contribution in [0.3, 0.4) is 0 Å². The molecule has 0 heterocycles. The van der Waals surface area contributed by atoms with Crippen LogP contribution in [0.4, 0.5) is 0 Å². The van der Waals surface area contributed by atoms with Gasteiger partial charge in [0.2, 0.25) is 5.91 Å². The lowest BCUT2D eigenvalue weighted by atomic mass is 10.0. The molecule has 1 aromatic carbocycles. The standard InChI is InChI=1S/C21H34N2O3/c1-7-26-18-12-10-17(11-13-18)20(24)23-19(15(4)5)21(25)22-16(6)9-8-14(2)3/h10-16,19H,7-9H2,1-6H3,(H,22,25)(H,23,24). The van der Waals surface area contributed by atoms with Crippen molar-refractivity contribution in [1.29, 1.82) is 0 Å². The van der Waals surface area contributed by atoms with E-state index in [9.17, 15) is 9.59 Å². The van der Waals surface area contributed by atoms with Crippen molar-refractivity contribution in [2.24, 2.45) is 11.8 Å². The first-order chi connectivity index (χ1) is 12.2. The fourth-order valence-electron chi connectivity index (χ4n) is 2.62. The summed E-state index contributed by atoms with van der Waals surface area (Å²) in [4.78, 5) is 25.1. The van der Waals surface area contributed by atoms with E-state index < -0.39 is 6.04 Å². The van der Waals surface area contributed by atoms with Gasteiger partial charge in [-0.15, -0.1) is 0 Å². The molecule has 2 N–H and O–H groups in total. The maximum atomic E-state index is 12.6. The summed E-state index contributed by atoms with van der Waals surface area (Å²) in [5.74, 6) is 0.946. The van der Waals surface area contributed by atoms with Crippen molar-refractivity contribution in [3.63, 3.8) is 0 Å². The molecule has 0 saturated carbocycles. The Kier molecular flexibility index (Phi) is 9.17. The second kappa shape index (κ2) is 10.8. The lowest BCUT2D eigenvalue weighted by Gasteiger charge is -2.24. The Balaban J connectivity index is 2.68. The number of rotatable bonds is 10. The van der Waals surface area contributed by atoms with E-state index in [1.54, 1.807) is 24.3 Å². The van der Waals surface area contributed by atoms with Crippen molar-refractivity contribution in [3.8, 4) is 5.75 Å². The summed E-state index contributed by atoms with van der Waals surface area (Å²) in [7, 11) is 0. The summed E-state index contributed by atoms with van der Waals surface area (Å²) in [5.41, 5.74) is 0.514. The van der Waals surface area contributed by atoms with Gasteiger partial charge in [-0.3, -0.25) is 9.59 Å². The molecule has 0 saturated heterocycles. The molecular weight excluding hydrogens is 328 g/mol. The maximum Gasteiger partial charge on any atom is 0.251 e. The molecule has 2 atom stereocenters. The molecule has 0 radical (unpaired) electrons. The van der Waals surface area contributed by atoms with Crippen LogP contribution in [0.1, 0.15) is 64.7 Å². The van der Waals surface area contributed by atoms with Crippen molar-refractivity contribution in [3.05, 3.63) is 29.8 Å². The van der Waals surface area contributed by atoms with Gasteiger partial charge >= 0.3 is 0 Å². The largest absolute Gasteiger partial charge is 0.494 e. The zero-order chi connectivity index (χ0) is 19.7. The van der Waals surface area contributed by atoms with Gasteiger partial charge < -0.3 is 15.4 Å². The Hall–Kier alpha value is -2.04. The summed E-state index contributed by atoms with van der Waals surface area (Å²) in [6.07, 6.45) is 1.99. The molecule has 0 bridgehead atoms. The molecule has 0 aliphatic rings. The van der Waals surface area contributed by atoms with Crippen LogP contribution in [-0.2, 0) is 4.79 Å². The van der Waals surface area contributed by atoms with E-state index in [4.69, 9.17) is 4.74 Å². The number of nitrogens with one attached hydrogen (secondary N) is 2. The highest BCUT2D eigenvalue weighted by Gasteiger charge is 2.25. The van der Waals surface area contributed by atoms with Crippen molar-refractivity contribution in [2.75, 3.05) is 6.61 Å². The highest BCUT2D eigenvalue weighted by molar-refractivity contribution is 5.97. The van der Waals surface area contributed by atoms with Crippen LogP contribution in [-0.4, -0.2) is 30.5 Å². The monoisotopic (exact) mass is 362 g/mol. The van der Waals surface area contributed by atoms with Gasteiger partial charge in [-0.25, -0.2) is 0 Å². The Morgan fingerprint density at radius 3 is 2.08 bits per heavy atom. The summed E-state index contributed by atoms with van der Waals surface area (Å²) in [5, 5.41) is 5.89. The van der Waals surface area contributed by atoms with Gasteiger partial charge in [-0.05, 0) is 62.8 Å². The van der Waals surface area contributed by atoms with Crippen LogP contribution in [0, 0.1) is 11.8 Å². The van der Waals surface area contributed by atoms with Crippen LogP contribution in [0.15, 0.2) is 24.3 Å². The van der Waals surface area contributed by atoms with Crippen LogP contribution in [0.5, 0.6) is 5.75 Å². The lowest BCUT2D eigenvalue weighted by Crippen LogP contribution is -2.51. The number of amides is 2. The van der Waals surface area contributed by atoms with E-state index in [-0.39, 0.29) is 23.8 Å². The van der Waals surface area contributed by atoms with Crippen molar-refractivity contribution >= 4 is 11.8 Å². The van der Waals surface area contributed by atoms with E-state index >= 15 is 0 Å². The minimum absolute atomic E-state index is 0.000975. The predicted octanol–water partition coefficient (Wildman–Crippen LogP) is 3.78. The summed E-state index contributed by atoms with van der Waals surface area (Å²) in [6.45, 7) is 12.7. The number of ether oxygens (including phenoxy) is 1. The first-order valence-electron chi connectivity index (χ1n) is 9.58.